The van der Waals surface area contributed by atoms with E-state index in [1.54, 1.807) is 0 Å². The smallest absolute Gasteiger partial charge is 0.308 e. The molecular weight excluding hydrogens is 402 g/mol. The molecule has 5 nitrogen and oxygen atoms in total. The maximum Gasteiger partial charge on any atom is 0.308 e. The normalized spacial score (nSPS) is 31.7. The Morgan fingerprint density at radius 3 is 2.72 bits per heavy atom. The second-order valence-corrected chi connectivity index (χ2v) is 9.85. The Labute approximate surface area is 188 Å². The molecule has 5 heteroatoms. The third-order valence-electron chi connectivity index (χ3n) is 8.19. The Kier molecular flexibility index (Phi) is 4.50. The van der Waals surface area contributed by atoms with Crippen LogP contribution in [0.4, 0.5) is 0 Å². The van der Waals surface area contributed by atoms with Gasteiger partial charge < -0.3 is 19.5 Å². The molecule has 0 radical (unpaired) electrons. The second-order valence-electron chi connectivity index (χ2n) is 9.85. The summed E-state index contributed by atoms with van der Waals surface area (Å²) in [5, 5.41) is 9.37. The number of likely N-dealkylation sites (tertiary alicyclic amines) is 1. The number of carbonyl (C=O) groups is 1. The molecular formula is C27H29NO4. The standard InChI is InChI=1S/C27H29NO4/c1-16(30)31-23-10-8-19-14-22-21-9-7-20(13-17-3-5-18(15-29)6-4-17)26-27(21,11-12-28(22)2)24(19)25(23)32-26/h3-10,20-22,26,29H,11-15H2,1-2H3/t20-,21+,22-,26+,27+/m1/s1. The predicted octanol–water partition coefficient (Wildman–Crippen LogP) is 3.41. The molecule has 6 rings (SSSR count). The molecule has 5 atom stereocenters. The average Bonchev–Trinajstić information content (AvgIpc) is 3.14. The summed E-state index contributed by atoms with van der Waals surface area (Å²) in [5.74, 6) is 1.67. The zero-order valence-corrected chi connectivity index (χ0v) is 18.6. The van der Waals surface area contributed by atoms with Gasteiger partial charge in [0, 0.05) is 35.8 Å². The van der Waals surface area contributed by atoms with Crippen molar-refractivity contribution >= 4 is 5.97 Å². The van der Waals surface area contributed by atoms with Crippen LogP contribution in [0.2, 0.25) is 0 Å². The fourth-order valence-corrected chi connectivity index (χ4v) is 6.82. The van der Waals surface area contributed by atoms with Crippen LogP contribution in [-0.2, 0) is 29.7 Å². The Balaban J connectivity index is 1.45. The Bertz CT molecular complexity index is 1110. The van der Waals surface area contributed by atoms with Crippen LogP contribution in [0.15, 0.2) is 48.6 Å². The van der Waals surface area contributed by atoms with Gasteiger partial charge >= 0.3 is 5.97 Å². The minimum atomic E-state index is -0.315. The Morgan fingerprint density at radius 1 is 1.19 bits per heavy atom. The Hall–Kier alpha value is -2.63. The van der Waals surface area contributed by atoms with Crippen molar-refractivity contribution in [3.05, 3.63) is 70.8 Å². The number of rotatable bonds is 4. The van der Waals surface area contributed by atoms with E-state index < -0.39 is 0 Å². The summed E-state index contributed by atoms with van der Waals surface area (Å²) in [6.07, 6.45) is 7.76. The minimum Gasteiger partial charge on any atom is -0.485 e. The quantitative estimate of drug-likeness (QED) is 0.457. The van der Waals surface area contributed by atoms with Gasteiger partial charge in [-0.25, -0.2) is 0 Å². The van der Waals surface area contributed by atoms with Crippen LogP contribution in [0.25, 0.3) is 0 Å². The third-order valence-corrected chi connectivity index (χ3v) is 8.19. The van der Waals surface area contributed by atoms with Gasteiger partial charge in [0.1, 0.15) is 6.10 Å². The second kappa shape index (κ2) is 7.19. The van der Waals surface area contributed by atoms with E-state index in [-0.39, 0.29) is 30.0 Å². The van der Waals surface area contributed by atoms with Gasteiger partial charge in [-0.3, -0.25) is 4.79 Å². The molecule has 1 saturated heterocycles. The molecule has 1 N–H and O–H groups in total. The summed E-state index contributed by atoms with van der Waals surface area (Å²) in [6.45, 7) is 2.55. The van der Waals surface area contributed by atoms with E-state index in [4.69, 9.17) is 9.47 Å². The lowest BCUT2D eigenvalue weighted by molar-refractivity contribution is -0.132. The maximum absolute atomic E-state index is 11.8. The van der Waals surface area contributed by atoms with E-state index in [0.29, 0.717) is 17.7 Å². The van der Waals surface area contributed by atoms with Gasteiger partial charge in [-0.15, -0.1) is 0 Å². The number of benzene rings is 2. The summed E-state index contributed by atoms with van der Waals surface area (Å²) in [4.78, 5) is 14.3. The lowest BCUT2D eigenvalue weighted by Crippen LogP contribution is -2.64. The molecule has 2 aromatic rings. The van der Waals surface area contributed by atoms with Crippen molar-refractivity contribution in [1.29, 1.82) is 0 Å². The highest BCUT2D eigenvalue weighted by Gasteiger charge is 2.64. The van der Waals surface area contributed by atoms with E-state index in [0.717, 1.165) is 37.1 Å². The summed E-state index contributed by atoms with van der Waals surface area (Å²) < 4.78 is 12.4. The van der Waals surface area contributed by atoms with Gasteiger partial charge in [-0.2, -0.15) is 0 Å². The number of ether oxygens (including phenoxy) is 2. The van der Waals surface area contributed by atoms with Gasteiger partial charge in [0.25, 0.3) is 0 Å². The summed E-state index contributed by atoms with van der Waals surface area (Å²) in [6, 6.07) is 12.7. The van der Waals surface area contributed by atoms with E-state index in [2.05, 4.69) is 42.3 Å². The highest BCUT2D eigenvalue weighted by atomic mass is 16.6. The highest BCUT2D eigenvalue weighted by Crippen LogP contribution is 2.63. The van der Waals surface area contributed by atoms with Gasteiger partial charge in [0.05, 0.1) is 6.61 Å². The molecule has 1 fully saturated rings. The first kappa shape index (κ1) is 20.0. The summed E-state index contributed by atoms with van der Waals surface area (Å²) >= 11 is 0. The van der Waals surface area contributed by atoms with Crippen molar-refractivity contribution in [3.8, 4) is 11.5 Å². The first-order valence-corrected chi connectivity index (χ1v) is 11.6. The highest BCUT2D eigenvalue weighted by molar-refractivity contribution is 5.72. The lowest BCUT2D eigenvalue weighted by Gasteiger charge is -2.57. The number of aliphatic hydroxyl groups excluding tert-OH is 1. The van der Waals surface area contributed by atoms with Gasteiger partial charge in [0.15, 0.2) is 11.5 Å². The zero-order chi connectivity index (χ0) is 22.0. The van der Waals surface area contributed by atoms with Gasteiger partial charge in [0.2, 0.25) is 0 Å². The molecule has 0 aromatic heterocycles. The summed E-state index contributed by atoms with van der Waals surface area (Å²) in [5.41, 5.74) is 4.73. The van der Waals surface area contributed by atoms with Crippen LogP contribution >= 0.6 is 0 Å². The third kappa shape index (κ3) is 2.74. The van der Waals surface area contributed by atoms with E-state index in [1.807, 2.05) is 18.2 Å². The minimum absolute atomic E-state index is 0.0250. The van der Waals surface area contributed by atoms with Gasteiger partial charge in [-0.05, 0) is 55.6 Å². The number of esters is 1. The van der Waals surface area contributed by atoms with Crippen LogP contribution in [0.3, 0.4) is 0 Å². The van der Waals surface area contributed by atoms with Crippen molar-refractivity contribution in [2.24, 2.45) is 11.8 Å². The topological polar surface area (TPSA) is 59.0 Å². The first-order valence-electron chi connectivity index (χ1n) is 11.6. The van der Waals surface area contributed by atoms with Crippen LogP contribution in [0.1, 0.15) is 35.6 Å². The van der Waals surface area contributed by atoms with E-state index in [9.17, 15) is 9.90 Å². The number of hydrogen-bond acceptors (Lipinski definition) is 5. The molecule has 2 aliphatic carbocycles. The van der Waals surface area contributed by atoms with Crippen molar-refractivity contribution in [2.75, 3.05) is 13.6 Å². The van der Waals surface area contributed by atoms with Gasteiger partial charge in [-0.1, -0.05) is 42.5 Å². The maximum atomic E-state index is 11.8. The molecule has 2 aliphatic heterocycles. The van der Waals surface area contributed by atoms with E-state index in [1.165, 1.54) is 23.6 Å². The fraction of sp³-hybridized carbons (Fsp3) is 0.444. The molecule has 166 valence electrons. The largest absolute Gasteiger partial charge is 0.485 e. The molecule has 0 saturated carbocycles. The van der Waals surface area contributed by atoms with E-state index >= 15 is 0 Å². The number of nitrogens with zero attached hydrogens (tertiary/aromatic N) is 1. The van der Waals surface area contributed by atoms with Crippen molar-refractivity contribution in [3.63, 3.8) is 0 Å². The lowest BCUT2D eigenvalue weighted by atomic mass is 9.52. The van der Waals surface area contributed by atoms with Crippen LogP contribution in [0.5, 0.6) is 11.5 Å². The number of hydrogen-bond donors (Lipinski definition) is 1. The molecule has 1 spiro atoms. The van der Waals surface area contributed by atoms with Crippen molar-refractivity contribution in [2.45, 2.75) is 50.4 Å². The van der Waals surface area contributed by atoms with Crippen LogP contribution < -0.4 is 9.47 Å². The van der Waals surface area contributed by atoms with Crippen LogP contribution in [0, 0.1) is 11.8 Å². The number of likely N-dealkylation sites (N-methyl/N-ethyl adjacent to an activating group) is 1. The molecule has 32 heavy (non-hydrogen) atoms. The molecule has 0 amide bonds. The fourth-order valence-electron chi connectivity index (χ4n) is 6.82. The molecule has 2 aromatic carbocycles. The SMILES string of the molecule is CC(=O)Oc1ccc2c3c1O[C@H]1[C@@H](Cc4ccc(CO)cc4)C=C[C@H]4[C@@H](C2)N(C)CC[C@@]341. The number of piperidine rings is 1. The molecule has 0 unspecified atom stereocenters. The zero-order valence-electron chi connectivity index (χ0n) is 18.6. The number of carbonyl (C=O) groups excluding carboxylic acids is 1. The number of aliphatic hydroxyl groups is 1. The molecule has 2 heterocycles. The first-order chi connectivity index (χ1) is 15.5. The molecule has 4 aliphatic rings. The average molecular weight is 432 g/mol. The van der Waals surface area contributed by atoms with Crippen molar-refractivity contribution in [1.82, 2.24) is 4.90 Å². The predicted molar refractivity (Wildman–Crippen MR) is 121 cm³/mol. The monoisotopic (exact) mass is 431 g/mol. The molecule has 2 bridgehead atoms. The van der Waals surface area contributed by atoms with Crippen LogP contribution in [-0.4, -0.2) is 41.7 Å². The summed E-state index contributed by atoms with van der Waals surface area (Å²) in [7, 11) is 2.24. The van der Waals surface area contributed by atoms with Crippen molar-refractivity contribution < 1.29 is 19.4 Å². The Morgan fingerprint density at radius 2 is 1.97 bits per heavy atom.